The van der Waals surface area contributed by atoms with Gasteiger partial charge in [0.1, 0.15) is 5.75 Å². The number of rotatable bonds is 7. The van der Waals surface area contributed by atoms with Gasteiger partial charge in [0.05, 0.1) is 5.56 Å². The molecule has 0 atom stereocenters. The van der Waals surface area contributed by atoms with Crippen molar-refractivity contribution in [1.29, 1.82) is 0 Å². The Labute approximate surface area is 209 Å². The highest BCUT2D eigenvalue weighted by Crippen LogP contribution is 2.30. The minimum atomic E-state index is -4.45. The lowest BCUT2D eigenvalue weighted by atomic mass is 10.1. The molecule has 3 aromatic heterocycles. The van der Waals surface area contributed by atoms with E-state index in [-0.39, 0.29) is 24.0 Å². The van der Waals surface area contributed by atoms with Crippen LogP contribution in [0.15, 0.2) is 83.5 Å². The number of hydrogen-bond donors (Lipinski definition) is 0. The van der Waals surface area contributed by atoms with Crippen molar-refractivity contribution in [3.63, 3.8) is 0 Å². The molecule has 0 bridgehead atoms. The van der Waals surface area contributed by atoms with Crippen LogP contribution in [-0.4, -0.2) is 20.7 Å². The molecular formula is C28H20F3N3O3. The average molecular weight is 503 g/mol. The average Bonchev–Trinajstić information content (AvgIpc) is 3.32. The Morgan fingerprint density at radius 2 is 1.68 bits per heavy atom. The number of carbonyl (C=O) groups excluding carboxylic acids is 1. The van der Waals surface area contributed by atoms with Gasteiger partial charge in [-0.15, -0.1) is 0 Å². The first-order valence-electron chi connectivity index (χ1n) is 11.4. The van der Waals surface area contributed by atoms with E-state index in [1.807, 2.05) is 37.3 Å². The van der Waals surface area contributed by atoms with Crippen molar-refractivity contribution in [2.45, 2.75) is 25.9 Å². The first-order chi connectivity index (χ1) is 17.7. The molecule has 0 amide bonds. The molecule has 37 heavy (non-hydrogen) atoms. The number of nitrogens with zero attached hydrogens (tertiary/aromatic N) is 3. The molecule has 0 aliphatic rings. The Morgan fingerprint density at radius 1 is 0.919 bits per heavy atom. The molecule has 6 nitrogen and oxygen atoms in total. The Hall–Kier alpha value is -4.53. The molecule has 0 aliphatic heterocycles. The van der Waals surface area contributed by atoms with Crippen molar-refractivity contribution in [3.8, 4) is 22.8 Å². The number of ketones is 1. The predicted octanol–water partition coefficient (Wildman–Crippen LogP) is 7.22. The quantitative estimate of drug-likeness (QED) is 0.218. The summed E-state index contributed by atoms with van der Waals surface area (Å²) in [5.41, 5.74) is 3.86. The topological polar surface area (TPSA) is 78.1 Å². The second-order valence-corrected chi connectivity index (χ2v) is 8.48. The lowest BCUT2D eigenvalue weighted by Gasteiger charge is -2.08. The number of fused-ring (bicyclic) bond motifs is 1. The maximum Gasteiger partial charge on any atom is 0.417 e. The summed E-state index contributed by atoms with van der Waals surface area (Å²) in [5.74, 6) is 0.226. The van der Waals surface area contributed by atoms with Crippen molar-refractivity contribution in [2.75, 3.05) is 0 Å². The van der Waals surface area contributed by atoms with Gasteiger partial charge >= 0.3 is 6.18 Å². The minimum absolute atomic E-state index is 0.0110. The molecule has 2 aromatic carbocycles. The zero-order chi connectivity index (χ0) is 26.0. The van der Waals surface area contributed by atoms with Crippen LogP contribution in [0.5, 0.6) is 11.6 Å². The maximum atomic E-state index is 12.7. The van der Waals surface area contributed by atoms with Crippen LogP contribution in [0.2, 0.25) is 0 Å². The third-order valence-electron chi connectivity index (χ3n) is 5.72. The number of pyridine rings is 2. The van der Waals surface area contributed by atoms with Crippen LogP contribution in [0.3, 0.4) is 0 Å². The summed E-state index contributed by atoms with van der Waals surface area (Å²) in [7, 11) is 0. The Kier molecular flexibility index (Phi) is 6.43. The number of carbonyl (C=O) groups is 1. The van der Waals surface area contributed by atoms with E-state index in [1.165, 1.54) is 0 Å². The van der Waals surface area contributed by atoms with E-state index >= 15 is 0 Å². The van der Waals surface area contributed by atoms with Gasteiger partial charge in [-0.1, -0.05) is 42.0 Å². The SMILES string of the molecule is Cc1ccc(-c2cnc3nc(C(=O)CCc4ccc(Oc5ccc(C(F)(F)F)cn5)cc4)oc3c2)cc1. The second kappa shape index (κ2) is 9.85. The zero-order valence-electron chi connectivity index (χ0n) is 19.6. The summed E-state index contributed by atoms with van der Waals surface area (Å²) in [5, 5.41) is 0. The van der Waals surface area contributed by atoms with Crippen LogP contribution in [-0.2, 0) is 12.6 Å². The lowest BCUT2D eigenvalue weighted by molar-refractivity contribution is -0.137. The highest BCUT2D eigenvalue weighted by atomic mass is 19.4. The van der Waals surface area contributed by atoms with Gasteiger partial charge in [-0.2, -0.15) is 18.2 Å². The van der Waals surface area contributed by atoms with Gasteiger partial charge in [-0.25, -0.2) is 9.97 Å². The third-order valence-corrected chi connectivity index (χ3v) is 5.72. The second-order valence-electron chi connectivity index (χ2n) is 8.48. The minimum Gasteiger partial charge on any atom is -0.439 e. The van der Waals surface area contributed by atoms with Crippen LogP contribution in [0.1, 0.15) is 33.8 Å². The summed E-state index contributed by atoms with van der Waals surface area (Å²) < 4.78 is 49.2. The third kappa shape index (κ3) is 5.66. The van der Waals surface area contributed by atoms with Crippen LogP contribution < -0.4 is 4.74 Å². The van der Waals surface area contributed by atoms with Gasteiger partial charge in [0.25, 0.3) is 5.89 Å². The number of halogens is 3. The number of benzene rings is 2. The van der Waals surface area contributed by atoms with Gasteiger partial charge in [0.2, 0.25) is 11.7 Å². The van der Waals surface area contributed by atoms with Gasteiger partial charge in [0.15, 0.2) is 11.2 Å². The normalized spacial score (nSPS) is 11.6. The molecule has 0 saturated carbocycles. The van der Waals surface area contributed by atoms with Crippen molar-refractivity contribution in [1.82, 2.24) is 15.0 Å². The summed E-state index contributed by atoms with van der Waals surface area (Å²) in [6.45, 7) is 2.02. The number of hydrogen-bond acceptors (Lipinski definition) is 6. The number of aromatic nitrogens is 3. The molecule has 0 spiro atoms. The largest absolute Gasteiger partial charge is 0.439 e. The van der Waals surface area contributed by atoms with Crippen molar-refractivity contribution >= 4 is 17.0 Å². The van der Waals surface area contributed by atoms with E-state index in [2.05, 4.69) is 15.0 Å². The molecule has 0 fully saturated rings. The van der Waals surface area contributed by atoms with E-state index in [4.69, 9.17) is 9.15 Å². The number of oxazole rings is 1. The first kappa shape index (κ1) is 24.2. The van der Waals surface area contributed by atoms with E-state index in [0.29, 0.717) is 23.4 Å². The van der Waals surface area contributed by atoms with Crippen molar-refractivity contribution < 1.29 is 27.1 Å². The highest BCUT2D eigenvalue weighted by Gasteiger charge is 2.30. The maximum absolute atomic E-state index is 12.7. The highest BCUT2D eigenvalue weighted by molar-refractivity contribution is 5.94. The van der Waals surface area contributed by atoms with Crippen LogP contribution in [0.4, 0.5) is 13.2 Å². The standard InChI is InChI=1S/C28H20F3N3O3/c1-17-2-7-19(8-3-17)20-14-24-26(33-15-20)34-27(37-24)23(35)12-6-18-4-10-22(11-5-18)36-25-13-9-21(16-32-25)28(29,30)31/h2-5,7-11,13-16H,6,12H2,1H3. The molecule has 5 aromatic rings. The smallest absolute Gasteiger partial charge is 0.417 e. The first-order valence-corrected chi connectivity index (χ1v) is 11.4. The summed E-state index contributed by atoms with van der Waals surface area (Å²) >= 11 is 0. The van der Waals surface area contributed by atoms with E-state index in [0.717, 1.165) is 40.6 Å². The van der Waals surface area contributed by atoms with Crippen LogP contribution >= 0.6 is 0 Å². The van der Waals surface area contributed by atoms with Crippen LogP contribution in [0, 0.1) is 6.92 Å². The van der Waals surface area contributed by atoms with Gasteiger partial charge in [-0.05, 0) is 48.7 Å². The van der Waals surface area contributed by atoms with E-state index in [9.17, 15) is 18.0 Å². The van der Waals surface area contributed by atoms with Crippen LogP contribution in [0.25, 0.3) is 22.4 Å². The van der Waals surface area contributed by atoms with E-state index in [1.54, 1.807) is 30.5 Å². The number of Topliss-reactive ketones (excluding diaryl/α,β-unsaturated/α-hetero) is 1. The fourth-order valence-electron chi connectivity index (χ4n) is 3.66. The monoisotopic (exact) mass is 503 g/mol. The van der Waals surface area contributed by atoms with Crippen molar-refractivity contribution in [3.05, 3.63) is 102 Å². The Balaban J connectivity index is 1.20. The fraction of sp³-hybridized carbons (Fsp3) is 0.143. The molecule has 0 N–H and O–H groups in total. The molecule has 0 radical (unpaired) electrons. The molecular weight excluding hydrogens is 483 g/mol. The molecule has 3 heterocycles. The van der Waals surface area contributed by atoms with Gasteiger partial charge < -0.3 is 9.15 Å². The Bertz CT molecular complexity index is 1540. The lowest BCUT2D eigenvalue weighted by Crippen LogP contribution is -2.05. The molecule has 186 valence electrons. The summed E-state index contributed by atoms with van der Waals surface area (Å²) in [6, 6.07) is 18.8. The van der Waals surface area contributed by atoms with E-state index < -0.39 is 11.7 Å². The summed E-state index contributed by atoms with van der Waals surface area (Å²) in [4.78, 5) is 24.9. The molecule has 0 saturated heterocycles. The number of alkyl halides is 3. The predicted molar refractivity (Wildman–Crippen MR) is 130 cm³/mol. The fourth-order valence-corrected chi connectivity index (χ4v) is 3.66. The van der Waals surface area contributed by atoms with Gasteiger partial charge in [0, 0.05) is 30.4 Å². The number of ether oxygens (including phenoxy) is 1. The number of aryl methyl sites for hydroxylation is 2. The zero-order valence-corrected chi connectivity index (χ0v) is 19.6. The van der Waals surface area contributed by atoms with Crippen molar-refractivity contribution in [2.24, 2.45) is 0 Å². The Morgan fingerprint density at radius 3 is 2.35 bits per heavy atom. The molecule has 0 unspecified atom stereocenters. The molecule has 0 aliphatic carbocycles. The van der Waals surface area contributed by atoms with Gasteiger partial charge in [-0.3, -0.25) is 4.79 Å². The molecule has 5 rings (SSSR count). The molecule has 9 heteroatoms. The summed E-state index contributed by atoms with van der Waals surface area (Å²) in [6.07, 6.45) is -1.41.